The summed E-state index contributed by atoms with van der Waals surface area (Å²) in [5.41, 5.74) is -0.0857. The first-order valence-corrected chi connectivity index (χ1v) is 6.99. The third-order valence-corrected chi connectivity index (χ3v) is 3.82. The molecule has 0 radical (unpaired) electrons. The largest absolute Gasteiger partial charge is 0.378 e. The van der Waals surface area contributed by atoms with Gasteiger partial charge in [-0.3, -0.25) is 29.4 Å². The summed E-state index contributed by atoms with van der Waals surface area (Å²) in [5, 5.41) is 10.8. The summed E-state index contributed by atoms with van der Waals surface area (Å²) in [6, 6.07) is 3.59. The Morgan fingerprint density at radius 3 is 2.61 bits per heavy atom. The van der Waals surface area contributed by atoms with Crippen LogP contribution in [0.2, 0.25) is 0 Å². The molecule has 2 amide bonds. The van der Waals surface area contributed by atoms with E-state index in [1.54, 1.807) is 4.90 Å². The molecule has 3 rings (SSSR count). The molecule has 0 saturated carbocycles. The van der Waals surface area contributed by atoms with Crippen molar-refractivity contribution in [2.45, 2.75) is 0 Å². The van der Waals surface area contributed by atoms with Crippen molar-refractivity contribution in [1.82, 2.24) is 4.90 Å². The molecule has 9 heteroatoms. The lowest BCUT2D eigenvalue weighted by atomic mass is 10.1. The number of nitro benzene ring substituents is 1. The molecular weight excluding hydrogens is 306 g/mol. The van der Waals surface area contributed by atoms with Crippen LogP contribution in [0.4, 0.5) is 11.4 Å². The van der Waals surface area contributed by atoms with Crippen molar-refractivity contribution < 1.29 is 24.0 Å². The molecule has 2 aliphatic heterocycles. The highest BCUT2D eigenvalue weighted by Gasteiger charge is 2.38. The summed E-state index contributed by atoms with van der Waals surface area (Å²) in [6.07, 6.45) is 0. The Morgan fingerprint density at radius 2 is 1.96 bits per heavy atom. The molecule has 1 fully saturated rings. The monoisotopic (exact) mass is 319 g/mol. The zero-order chi connectivity index (χ0) is 16.6. The molecule has 0 spiro atoms. The number of ether oxygens (including phenoxy) is 1. The van der Waals surface area contributed by atoms with Crippen molar-refractivity contribution in [3.63, 3.8) is 0 Å². The number of nitrogens with zero attached hydrogens (tertiary/aromatic N) is 3. The minimum atomic E-state index is -0.845. The lowest BCUT2D eigenvalue weighted by molar-refractivity contribution is -0.384. The standard InChI is InChI=1S/C14H13N3O6/c18-12(15-3-5-23-6-4-15)8-16-11-2-1-9(17(21)22)7-10(11)13(19)14(16)20/h1-2,7H,3-6,8H2. The normalized spacial score (nSPS) is 17.4. The van der Waals surface area contributed by atoms with E-state index in [1.807, 2.05) is 0 Å². The topological polar surface area (TPSA) is 110 Å². The summed E-state index contributed by atoms with van der Waals surface area (Å²) in [7, 11) is 0. The van der Waals surface area contributed by atoms with Crippen molar-refractivity contribution in [2.24, 2.45) is 0 Å². The Labute approximate surface area is 130 Å². The fourth-order valence-electron chi connectivity index (χ4n) is 2.61. The molecule has 0 unspecified atom stereocenters. The van der Waals surface area contributed by atoms with Gasteiger partial charge in [-0.15, -0.1) is 0 Å². The van der Waals surface area contributed by atoms with Crippen LogP contribution >= 0.6 is 0 Å². The molecule has 1 saturated heterocycles. The summed E-state index contributed by atoms with van der Waals surface area (Å²) in [4.78, 5) is 49.1. The number of Topliss-reactive ketones (excluding diaryl/α,β-unsaturated/α-hetero) is 1. The van der Waals surface area contributed by atoms with E-state index >= 15 is 0 Å². The van der Waals surface area contributed by atoms with Crippen LogP contribution in [-0.2, 0) is 14.3 Å². The molecule has 1 aromatic carbocycles. The Bertz CT molecular complexity index is 710. The summed E-state index contributed by atoms with van der Waals surface area (Å²) in [6.45, 7) is 1.46. The predicted octanol–water partition coefficient (Wildman–Crippen LogP) is -0.0171. The van der Waals surface area contributed by atoms with Crippen LogP contribution in [0, 0.1) is 10.1 Å². The Hall–Kier alpha value is -2.81. The van der Waals surface area contributed by atoms with Crippen LogP contribution in [0.25, 0.3) is 0 Å². The van der Waals surface area contributed by atoms with Gasteiger partial charge in [0, 0.05) is 25.2 Å². The van der Waals surface area contributed by atoms with E-state index in [0.717, 1.165) is 11.0 Å². The number of non-ortho nitro benzene ring substituents is 1. The molecule has 0 aromatic heterocycles. The number of rotatable bonds is 3. The lowest BCUT2D eigenvalue weighted by Crippen LogP contribution is -2.46. The highest BCUT2D eigenvalue weighted by Crippen LogP contribution is 2.31. The van der Waals surface area contributed by atoms with Gasteiger partial charge in [-0.25, -0.2) is 0 Å². The molecule has 9 nitrogen and oxygen atoms in total. The van der Waals surface area contributed by atoms with Crippen LogP contribution in [0.5, 0.6) is 0 Å². The van der Waals surface area contributed by atoms with Crippen molar-refractivity contribution in [3.8, 4) is 0 Å². The maximum absolute atomic E-state index is 12.2. The highest BCUT2D eigenvalue weighted by atomic mass is 16.6. The van der Waals surface area contributed by atoms with Gasteiger partial charge in [-0.05, 0) is 6.07 Å². The van der Waals surface area contributed by atoms with Crippen molar-refractivity contribution in [1.29, 1.82) is 0 Å². The number of ketones is 1. The Kier molecular flexibility index (Phi) is 3.78. The third kappa shape index (κ3) is 2.66. The third-order valence-electron chi connectivity index (χ3n) is 3.82. The summed E-state index contributed by atoms with van der Waals surface area (Å²) < 4.78 is 5.16. The van der Waals surface area contributed by atoms with Gasteiger partial charge in [0.15, 0.2) is 0 Å². The SMILES string of the molecule is O=C1C(=O)N(CC(=O)N2CCOCC2)c2ccc([N+](=O)[O-])cc21. The van der Waals surface area contributed by atoms with E-state index in [-0.39, 0.29) is 29.4 Å². The van der Waals surface area contributed by atoms with Crippen LogP contribution < -0.4 is 4.90 Å². The first-order chi connectivity index (χ1) is 11.0. The maximum atomic E-state index is 12.2. The van der Waals surface area contributed by atoms with E-state index in [2.05, 4.69) is 0 Å². The Balaban J connectivity index is 1.84. The van der Waals surface area contributed by atoms with Gasteiger partial charge in [-0.2, -0.15) is 0 Å². The van der Waals surface area contributed by atoms with Crippen molar-refractivity contribution in [2.75, 3.05) is 37.7 Å². The van der Waals surface area contributed by atoms with E-state index in [9.17, 15) is 24.5 Å². The zero-order valence-electron chi connectivity index (χ0n) is 12.1. The number of morpholine rings is 1. The molecule has 0 bridgehead atoms. The maximum Gasteiger partial charge on any atom is 0.299 e. The highest BCUT2D eigenvalue weighted by molar-refractivity contribution is 6.52. The van der Waals surface area contributed by atoms with Crippen LogP contribution in [0.15, 0.2) is 18.2 Å². The molecule has 0 N–H and O–H groups in total. The quantitative estimate of drug-likeness (QED) is 0.440. The van der Waals surface area contributed by atoms with Crippen molar-refractivity contribution in [3.05, 3.63) is 33.9 Å². The van der Waals surface area contributed by atoms with E-state index in [4.69, 9.17) is 4.74 Å². The number of hydrogen-bond donors (Lipinski definition) is 0. The van der Waals surface area contributed by atoms with Gasteiger partial charge in [0.25, 0.3) is 17.4 Å². The fraction of sp³-hybridized carbons (Fsp3) is 0.357. The number of carbonyl (C=O) groups excluding carboxylic acids is 3. The zero-order valence-corrected chi connectivity index (χ0v) is 12.1. The van der Waals surface area contributed by atoms with Crippen LogP contribution in [0.3, 0.4) is 0 Å². The molecule has 2 heterocycles. The molecule has 1 aromatic rings. The van der Waals surface area contributed by atoms with Crippen LogP contribution in [-0.4, -0.2) is 60.3 Å². The number of benzene rings is 1. The van der Waals surface area contributed by atoms with E-state index < -0.39 is 16.6 Å². The number of fused-ring (bicyclic) bond motifs is 1. The second-order valence-electron chi connectivity index (χ2n) is 5.17. The minimum Gasteiger partial charge on any atom is -0.378 e. The van der Waals surface area contributed by atoms with E-state index in [0.29, 0.717) is 26.3 Å². The average molecular weight is 319 g/mol. The number of anilines is 1. The van der Waals surface area contributed by atoms with Gasteiger partial charge >= 0.3 is 0 Å². The van der Waals surface area contributed by atoms with Crippen molar-refractivity contribution >= 4 is 29.0 Å². The second-order valence-corrected chi connectivity index (χ2v) is 5.17. The number of nitro groups is 1. The predicted molar refractivity (Wildman–Crippen MR) is 77.2 cm³/mol. The smallest absolute Gasteiger partial charge is 0.299 e. The molecule has 23 heavy (non-hydrogen) atoms. The van der Waals surface area contributed by atoms with Crippen LogP contribution in [0.1, 0.15) is 10.4 Å². The average Bonchev–Trinajstić information content (AvgIpc) is 2.80. The number of hydrogen-bond acceptors (Lipinski definition) is 6. The first-order valence-electron chi connectivity index (χ1n) is 6.99. The minimum absolute atomic E-state index is 0.0426. The first kappa shape index (κ1) is 15.1. The number of amides is 2. The lowest BCUT2D eigenvalue weighted by Gasteiger charge is -2.28. The molecular formula is C14H13N3O6. The number of carbonyl (C=O) groups is 3. The van der Waals surface area contributed by atoms with Gasteiger partial charge in [0.1, 0.15) is 6.54 Å². The molecule has 2 aliphatic rings. The Morgan fingerprint density at radius 1 is 1.26 bits per heavy atom. The molecule has 120 valence electrons. The van der Waals surface area contributed by atoms with Gasteiger partial charge < -0.3 is 9.64 Å². The molecule has 0 aliphatic carbocycles. The fourth-order valence-corrected chi connectivity index (χ4v) is 2.61. The van der Waals surface area contributed by atoms with E-state index in [1.165, 1.54) is 12.1 Å². The van der Waals surface area contributed by atoms with Gasteiger partial charge in [0.05, 0.1) is 29.4 Å². The van der Waals surface area contributed by atoms with Gasteiger partial charge in [-0.1, -0.05) is 0 Å². The molecule has 0 atom stereocenters. The van der Waals surface area contributed by atoms with Gasteiger partial charge in [0.2, 0.25) is 5.91 Å². The second kappa shape index (κ2) is 5.76. The summed E-state index contributed by atoms with van der Waals surface area (Å²) in [5.74, 6) is -1.97. The summed E-state index contributed by atoms with van der Waals surface area (Å²) >= 11 is 0.